The van der Waals surface area contributed by atoms with Gasteiger partial charge in [0, 0.05) is 18.2 Å². The van der Waals surface area contributed by atoms with E-state index < -0.39 is 0 Å². The number of rotatable bonds is 2. The van der Waals surface area contributed by atoms with Crippen LogP contribution in [0, 0.1) is 5.82 Å². The van der Waals surface area contributed by atoms with E-state index in [0.717, 1.165) is 31.2 Å². The molecule has 1 aromatic carbocycles. The molecule has 0 aliphatic carbocycles. The maximum atomic E-state index is 13.1. The molecule has 2 bridgehead atoms. The Morgan fingerprint density at radius 2 is 1.71 bits per heavy atom. The highest BCUT2D eigenvalue weighted by atomic mass is 19.1. The highest BCUT2D eigenvalue weighted by molar-refractivity contribution is 5.93. The number of halogens is 1. The van der Waals surface area contributed by atoms with Gasteiger partial charge in [-0.1, -0.05) is 18.2 Å². The van der Waals surface area contributed by atoms with E-state index in [-0.39, 0.29) is 29.4 Å². The molecule has 3 heterocycles. The molecule has 2 aromatic rings. The van der Waals surface area contributed by atoms with Crippen molar-refractivity contribution in [3.05, 3.63) is 69.9 Å². The summed E-state index contributed by atoms with van der Waals surface area (Å²) in [4.78, 5) is 28.9. The second kappa shape index (κ2) is 5.89. The van der Waals surface area contributed by atoms with E-state index >= 15 is 0 Å². The third-order valence-corrected chi connectivity index (χ3v) is 5.31. The maximum Gasteiger partial charge on any atom is 0.270 e. The number of carbonyl (C=O) groups excluding carboxylic acids is 1. The summed E-state index contributed by atoms with van der Waals surface area (Å²) < 4.78 is 13.1. The smallest absolute Gasteiger partial charge is 0.270 e. The van der Waals surface area contributed by atoms with Gasteiger partial charge in [0.05, 0.1) is 0 Å². The molecular weight excluding hydrogens is 307 g/mol. The zero-order valence-electron chi connectivity index (χ0n) is 13.2. The number of hydrogen-bond acceptors (Lipinski definition) is 2. The summed E-state index contributed by atoms with van der Waals surface area (Å²) in [5.41, 5.74) is 1.25. The number of H-pyrrole nitrogens is 1. The molecule has 1 aromatic heterocycles. The minimum absolute atomic E-state index is 0.0854. The van der Waals surface area contributed by atoms with Gasteiger partial charge in [0.1, 0.15) is 11.5 Å². The number of aromatic amines is 1. The minimum Gasteiger partial charge on any atom is -0.331 e. The summed E-state index contributed by atoms with van der Waals surface area (Å²) in [6.07, 6.45) is 3.77. The Kier molecular flexibility index (Phi) is 3.71. The lowest BCUT2D eigenvalue weighted by Gasteiger charge is -2.39. The molecule has 24 heavy (non-hydrogen) atoms. The van der Waals surface area contributed by atoms with Gasteiger partial charge in [0.15, 0.2) is 0 Å². The van der Waals surface area contributed by atoms with Crippen LogP contribution in [-0.2, 0) is 0 Å². The summed E-state index contributed by atoms with van der Waals surface area (Å²) in [6.45, 7) is 0. The van der Waals surface area contributed by atoms with Crippen LogP contribution in [0.15, 0.2) is 47.3 Å². The molecule has 1 unspecified atom stereocenters. The summed E-state index contributed by atoms with van der Waals surface area (Å²) in [6, 6.07) is 11.8. The van der Waals surface area contributed by atoms with Gasteiger partial charge < -0.3 is 9.88 Å². The molecule has 2 fully saturated rings. The van der Waals surface area contributed by atoms with Gasteiger partial charge in [-0.05, 0) is 55.4 Å². The molecule has 2 aliphatic heterocycles. The molecule has 4 rings (SSSR count). The van der Waals surface area contributed by atoms with Crippen LogP contribution in [0.2, 0.25) is 0 Å². The lowest BCUT2D eigenvalue weighted by molar-refractivity contribution is 0.0565. The summed E-state index contributed by atoms with van der Waals surface area (Å²) >= 11 is 0. The largest absolute Gasteiger partial charge is 0.331 e. The average Bonchev–Trinajstić information content (AvgIpc) is 2.84. The number of nitrogens with zero attached hydrogens (tertiary/aromatic N) is 1. The predicted molar refractivity (Wildman–Crippen MR) is 88.4 cm³/mol. The number of aromatic nitrogens is 1. The van der Waals surface area contributed by atoms with E-state index in [1.165, 1.54) is 18.2 Å². The Morgan fingerprint density at radius 3 is 2.33 bits per heavy atom. The fourth-order valence-electron chi connectivity index (χ4n) is 4.23. The molecule has 124 valence electrons. The highest BCUT2D eigenvalue weighted by Gasteiger charge is 2.43. The molecule has 0 saturated carbocycles. The molecule has 3 atom stereocenters. The fraction of sp³-hybridized carbons (Fsp3) is 0.368. The standard InChI is InChI=1S/C19H19FN2O2/c20-14-6-4-12(5-7-14)13-10-15-8-9-16(11-13)22(15)19(24)17-2-1-3-18(23)21-17/h1-7,13,15-16H,8-11H2,(H,21,23)/t13?,15-,16+. The molecule has 0 radical (unpaired) electrons. The Morgan fingerprint density at radius 1 is 1.04 bits per heavy atom. The van der Waals surface area contributed by atoms with Crippen LogP contribution < -0.4 is 5.56 Å². The number of fused-ring (bicyclic) bond motifs is 2. The first-order valence-corrected chi connectivity index (χ1v) is 8.39. The molecule has 0 spiro atoms. The zero-order valence-corrected chi connectivity index (χ0v) is 13.2. The maximum absolute atomic E-state index is 13.1. The van der Waals surface area contributed by atoms with Gasteiger partial charge >= 0.3 is 0 Å². The van der Waals surface area contributed by atoms with E-state index in [9.17, 15) is 14.0 Å². The Hall–Kier alpha value is -2.43. The third-order valence-electron chi connectivity index (χ3n) is 5.31. The first-order chi connectivity index (χ1) is 11.6. The van der Waals surface area contributed by atoms with Crippen LogP contribution in [-0.4, -0.2) is 27.9 Å². The van der Waals surface area contributed by atoms with Crippen LogP contribution >= 0.6 is 0 Å². The number of nitrogens with one attached hydrogen (secondary N) is 1. The van der Waals surface area contributed by atoms with E-state index in [1.54, 1.807) is 12.1 Å². The third kappa shape index (κ3) is 2.64. The molecule has 1 amide bonds. The number of amides is 1. The summed E-state index contributed by atoms with van der Waals surface area (Å²) in [5.74, 6) is 0.0575. The predicted octanol–water partition coefficient (Wildman–Crippen LogP) is 3.06. The number of benzene rings is 1. The number of piperidine rings is 1. The number of pyridine rings is 1. The summed E-state index contributed by atoms with van der Waals surface area (Å²) in [5, 5.41) is 0. The van der Waals surface area contributed by atoms with Crippen molar-refractivity contribution in [1.29, 1.82) is 0 Å². The van der Waals surface area contributed by atoms with Crippen molar-refractivity contribution in [1.82, 2.24) is 9.88 Å². The van der Waals surface area contributed by atoms with Crippen molar-refractivity contribution in [2.75, 3.05) is 0 Å². The van der Waals surface area contributed by atoms with Gasteiger partial charge in [0.25, 0.3) is 5.91 Å². The highest BCUT2D eigenvalue weighted by Crippen LogP contribution is 2.43. The molecule has 2 aliphatic rings. The van der Waals surface area contributed by atoms with Crippen molar-refractivity contribution < 1.29 is 9.18 Å². The SMILES string of the molecule is O=C(c1cccc(=O)[nH]1)N1[C@@H]2CC[C@H]1CC(c1ccc(F)cc1)C2. The summed E-state index contributed by atoms with van der Waals surface area (Å²) in [7, 11) is 0. The van der Waals surface area contributed by atoms with E-state index in [1.807, 2.05) is 17.0 Å². The van der Waals surface area contributed by atoms with Crippen LogP contribution in [0.5, 0.6) is 0 Å². The fourth-order valence-corrected chi connectivity index (χ4v) is 4.23. The number of carbonyl (C=O) groups is 1. The van der Waals surface area contributed by atoms with Crippen molar-refractivity contribution in [3.63, 3.8) is 0 Å². The Labute approximate surface area is 139 Å². The molecule has 5 heteroatoms. The number of hydrogen-bond donors (Lipinski definition) is 1. The van der Waals surface area contributed by atoms with E-state index in [0.29, 0.717) is 11.6 Å². The molecule has 1 N–H and O–H groups in total. The van der Waals surface area contributed by atoms with Crippen LogP contribution in [0.3, 0.4) is 0 Å². The Bertz CT molecular complexity index is 801. The van der Waals surface area contributed by atoms with Crippen LogP contribution in [0.4, 0.5) is 4.39 Å². The van der Waals surface area contributed by atoms with Gasteiger partial charge in [-0.15, -0.1) is 0 Å². The van der Waals surface area contributed by atoms with E-state index in [4.69, 9.17) is 0 Å². The molecule has 4 nitrogen and oxygen atoms in total. The second-order valence-electron chi connectivity index (χ2n) is 6.75. The average molecular weight is 326 g/mol. The normalized spacial score (nSPS) is 25.7. The first kappa shape index (κ1) is 15.1. The zero-order chi connectivity index (χ0) is 16.7. The van der Waals surface area contributed by atoms with Crippen molar-refractivity contribution >= 4 is 5.91 Å². The van der Waals surface area contributed by atoms with Gasteiger partial charge in [-0.25, -0.2) is 4.39 Å². The second-order valence-corrected chi connectivity index (χ2v) is 6.75. The first-order valence-electron chi connectivity index (χ1n) is 8.39. The quantitative estimate of drug-likeness (QED) is 0.922. The van der Waals surface area contributed by atoms with Crippen LogP contribution in [0.1, 0.15) is 47.7 Å². The van der Waals surface area contributed by atoms with Crippen molar-refractivity contribution in [2.24, 2.45) is 0 Å². The van der Waals surface area contributed by atoms with Gasteiger partial charge in [-0.3, -0.25) is 9.59 Å². The monoisotopic (exact) mass is 326 g/mol. The van der Waals surface area contributed by atoms with Gasteiger partial charge in [-0.2, -0.15) is 0 Å². The molecule has 2 saturated heterocycles. The van der Waals surface area contributed by atoms with E-state index in [2.05, 4.69) is 4.98 Å². The van der Waals surface area contributed by atoms with Crippen molar-refractivity contribution in [3.8, 4) is 0 Å². The molecular formula is C19H19FN2O2. The Balaban J connectivity index is 1.56. The van der Waals surface area contributed by atoms with Crippen molar-refractivity contribution in [2.45, 2.75) is 43.7 Å². The topological polar surface area (TPSA) is 53.2 Å². The van der Waals surface area contributed by atoms with Gasteiger partial charge in [0.2, 0.25) is 5.56 Å². The minimum atomic E-state index is -0.255. The lowest BCUT2D eigenvalue weighted by atomic mass is 9.85. The lowest BCUT2D eigenvalue weighted by Crippen LogP contribution is -2.46. The van der Waals surface area contributed by atoms with Crippen LogP contribution in [0.25, 0.3) is 0 Å².